The fraction of sp³-hybridized carbons (Fsp3) is 0.417. The summed E-state index contributed by atoms with van der Waals surface area (Å²) in [5.74, 6) is 0.260. The molecule has 2 heterocycles. The molecular weight excluding hydrogens is 278 g/mol. The van der Waals surface area contributed by atoms with Crippen LogP contribution in [0.5, 0.6) is 0 Å². The summed E-state index contributed by atoms with van der Waals surface area (Å²) in [6.45, 7) is 5.84. The Balaban J connectivity index is 2.38. The Kier molecular flexibility index (Phi) is 3.51. The Morgan fingerprint density at radius 2 is 1.90 bits per heavy atom. The summed E-state index contributed by atoms with van der Waals surface area (Å²) in [5.41, 5.74) is -0.279. The van der Waals surface area contributed by atoms with Crippen molar-refractivity contribution in [3.8, 4) is 0 Å². The summed E-state index contributed by atoms with van der Waals surface area (Å²) in [5, 5.41) is 4.10. The molecule has 0 aliphatic carbocycles. The number of nitrogens with zero attached hydrogens (tertiary/aromatic N) is 5. The lowest BCUT2D eigenvalue weighted by molar-refractivity contribution is 0.355. The van der Waals surface area contributed by atoms with Gasteiger partial charge in [0.2, 0.25) is 0 Å². The number of sulfonamides is 1. The molecule has 7 nitrogen and oxygen atoms in total. The predicted octanol–water partition coefficient (Wildman–Crippen LogP) is 1.25. The average molecular weight is 295 g/mol. The summed E-state index contributed by atoms with van der Waals surface area (Å²) in [4.78, 5) is 7.98. The van der Waals surface area contributed by atoms with E-state index < -0.39 is 10.0 Å². The number of hydrogen-bond acceptors (Lipinski definition) is 5. The fourth-order valence-corrected chi connectivity index (χ4v) is 2.61. The largest absolute Gasteiger partial charge is 0.268 e. The van der Waals surface area contributed by atoms with Gasteiger partial charge in [-0.2, -0.15) is 5.10 Å². The molecule has 2 aromatic rings. The maximum absolute atomic E-state index is 12.5. The molecule has 0 aliphatic heterocycles. The van der Waals surface area contributed by atoms with E-state index in [2.05, 4.69) is 15.1 Å². The third-order valence-corrected chi connectivity index (χ3v) is 4.49. The minimum atomic E-state index is -3.68. The van der Waals surface area contributed by atoms with Crippen molar-refractivity contribution in [2.75, 3.05) is 11.4 Å². The minimum Gasteiger partial charge on any atom is -0.266 e. The van der Waals surface area contributed by atoms with Crippen LogP contribution < -0.4 is 4.31 Å². The van der Waals surface area contributed by atoms with Crippen molar-refractivity contribution in [2.24, 2.45) is 0 Å². The Morgan fingerprint density at radius 1 is 1.20 bits per heavy atom. The Bertz CT molecular complexity index is 688. The van der Waals surface area contributed by atoms with Gasteiger partial charge in [0.25, 0.3) is 10.0 Å². The lowest BCUT2D eigenvalue weighted by atomic mass is 10.1. The summed E-state index contributed by atoms with van der Waals surface area (Å²) < 4.78 is 27.7. The van der Waals surface area contributed by atoms with Crippen molar-refractivity contribution < 1.29 is 8.42 Å². The smallest absolute Gasteiger partial charge is 0.266 e. The topological polar surface area (TPSA) is 81.0 Å². The van der Waals surface area contributed by atoms with E-state index in [4.69, 9.17) is 0 Å². The zero-order valence-electron chi connectivity index (χ0n) is 11.8. The third-order valence-electron chi connectivity index (χ3n) is 2.78. The van der Waals surface area contributed by atoms with Crippen LogP contribution in [0.15, 0.2) is 35.9 Å². The highest BCUT2D eigenvalue weighted by Gasteiger charge is 2.26. The van der Waals surface area contributed by atoms with E-state index in [1.807, 2.05) is 20.8 Å². The fourth-order valence-electron chi connectivity index (χ4n) is 1.54. The molecule has 0 saturated heterocycles. The molecule has 0 aromatic carbocycles. The van der Waals surface area contributed by atoms with E-state index in [-0.39, 0.29) is 16.3 Å². The van der Waals surface area contributed by atoms with Gasteiger partial charge in [0.05, 0.1) is 17.9 Å². The third kappa shape index (κ3) is 2.64. The molecule has 0 atom stereocenters. The molecule has 0 amide bonds. The molecule has 0 radical (unpaired) electrons. The highest BCUT2D eigenvalue weighted by atomic mass is 32.2. The number of hydrogen-bond donors (Lipinski definition) is 0. The molecule has 0 spiro atoms. The standard InChI is InChI=1S/C12H17N5O2S/c1-12(2,3)17-9-10(7-15-17)20(18,19)16(4)11-8-13-5-6-14-11/h5-9H,1-4H3. The molecule has 0 aliphatic rings. The maximum Gasteiger partial charge on any atom is 0.268 e. The summed E-state index contributed by atoms with van der Waals surface area (Å²) in [6, 6.07) is 0. The molecule has 2 aromatic heterocycles. The number of aromatic nitrogens is 4. The van der Waals surface area contributed by atoms with Crippen LogP contribution in [-0.2, 0) is 15.6 Å². The highest BCUT2D eigenvalue weighted by Crippen LogP contribution is 2.21. The summed E-state index contributed by atoms with van der Waals surface area (Å²) in [7, 11) is -2.25. The Hall–Kier alpha value is -1.96. The molecular formula is C12H17N5O2S. The van der Waals surface area contributed by atoms with Crippen LogP contribution in [-0.4, -0.2) is 35.2 Å². The predicted molar refractivity (Wildman–Crippen MR) is 74.8 cm³/mol. The molecule has 0 fully saturated rings. The van der Waals surface area contributed by atoms with Gasteiger partial charge in [0.1, 0.15) is 4.90 Å². The normalized spacial score (nSPS) is 12.4. The Morgan fingerprint density at radius 3 is 2.40 bits per heavy atom. The van der Waals surface area contributed by atoms with Crippen LogP contribution >= 0.6 is 0 Å². The second-order valence-electron chi connectivity index (χ2n) is 5.33. The molecule has 0 saturated carbocycles. The van der Waals surface area contributed by atoms with Gasteiger partial charge in [-0.1, -0.05) is 0 Å². The first-order valence-corrected chi connectivity index (χ1v) is 7.47. The molecule has 20 heavy (non-hydrogen) atoms. The van der Waals surface area contributed by atoms with E-state index in [9.17, 15) is 8.42 Å². The second-order valence-corrected chi connectivity index (χ2v) is 7.30. The van der Waals surface area contributed by atoms with Crippen molar-refractivity contribution in [3.05, 3.63) is 31.0 Å². The second kappa shape index (κ2) is 4.86. The first-order chi connectivity index (χ1) is 9.23. The van der Waals surface area contributed by atoms with Crippen LogP contribution in [0.4, 0.5) is 5.82 Å². The van der Waals surface area contributed by atoms with Crippen molar-refractivity contribution >= 4 is 15.8 Å². The van der Waals surface area contributed by atoms with E-state index in [0.29, 0.717) is 0 Å². The van der Waals surface area contributed by atoms with Crippen molar-refractivity contribution in [2.45, 2.75) is 31.2 Å². The van der Waals surface area contributed by atoms with Crippen LogP contribution in [0.1, 0.15) is 20.8 Å². The van der Waals surface area contributed by atoms with Gasteiger partial charge in [0, 0.05) is 25.6 Å². The van der Waals surface area contributed by atoms with E-state index in [1.165, 1.54) is 38.0 Å². The molecule has 0 N–H and O–H groups in total. The van der Waals surface area contributed by atoms with E-state index in [1.54, 1.807) is 4.68 Å². The molecule has 2 rings (SSSR count). The summed E-state index contributed by atoms with van der Waals surface area (Å²) >= 11 is 0. The van der Waals surface area contributed by atoms with Gasteiger partial charge < -0.3 is 0 Å². The van der Waals surface area contributed by atoms with Crippen LogP contribution in [0.25, 0.3) is 0 Å². The summed E-state index contributed by atoms with van der Waals surface area (Å²) in [6.07, 6.45) is 7.18. The quantitative estimate of drug-likeness (QED) is 0.851. The first-order valence-electron chi connectivity index (χ1n) is 6.03. The molecule has 108 valence electrons. The average Bonchev–Trinajstić information content (AvgIpc) is 2.89. The zero-order chi connectivity index (χ0) is 15.0. The van der Waals surface area contributed by atoms with Crippen LogP contribution in [0.2, 0.25) is 0 Å². The Labute approximate surface area is 118 Å². The van der Waals surface area contributed by atoms with Gasteiger partial charge in [-0.3, -0.25) is 14.0 Å². The van der Waals surface area contributed by atoms with E-state index in [0.717, 1.165) is 4.31 Å². The zero-order valence-corrected chi connectivity index (χ0v) is 12.7. The van der Waals surface area contributed by atoms with Crippen molar-refractivity contribution in [1.29, 1.82) is 0 Å². The van der Waals surface area contributed by atoms with Gasteiger partial charge >= 0.3 is 0 Å². The van der Waals surface area contributed by atoms with Gasteiger partial charge in [-0.25, -0.2) is 13.4 Å². The maximum atomic E-state index is 12.5. The van der Waals surface area contributed by atoms with Crippen molar-refractivity contribution in [3.63, 3.8) is 0 Å². The molecule has 8 heteroatoms. The van der Waals surface area contributed by atoms with Gasteiger partial charge in [-0.05, 0) is 20.8 Å². The minimum absolute atomic E-state index is 0.126. The lowest BCUT2D eigenvalue weighted by Crippen LogP contribution is -2.27. The monoisotopic (exact) mass is 295 g/mol. The number of rotatable bonds is 3. The molecule has 0 unspecified atom stereocenters. The molecule has 0 bridgehead atoms. The first kappa shape index (κ1) is 14.4. The number of anilines is 1. The van der Waals surface area contributed by atoms with Crippen molar-refractivity contribution in [1.82, 2.24) is 19.7 Å². The SMILES string of the molecule is CN(c1cnccn1)S(=O)(=O)c1cnn(C(C)(C)C)c1. The van der Waals surface area contributed by atoms with Crippen LogP contribution in [0.3, 0.4) is 0 Å². The van der Waals surface area contributed by atoms with Crippen LogP contribution in [0, 0.1) is 0 Å². The van der Waals surface area contributed by atoms with E-state index >= 15 is 0 Å². The highest BCUT2D eigenvalue weighted by molar-refractivity contribution is 7.92. The van der Waals surface area contributed by atoms with Gasteiger partial charge in [0.15, 0.2) is 5.82 Å². The van der Waals surface area contributed by atoms with Gasteiger partial charge in [-0.15, -0.1) is 0 Å². The lowest BCUT2D eigenvalue weighted by Gasteiger charge is -2.19.